The lowest BCUT2D eigenvalue weighted by Gasteiger charge is -2.32. The van der Waals surface area contributed by atoms with Gasteiger partial charge in [0, 0.05) is 24.2 Å². The van der Waals surface area contributed by atoms with Gasteiger partial charge < -0.3 is 11.1 Å². The number of nitrogens with zero attached hydrogens (tertiary/aromatic N) is 1. The first-order valence-corrected chi connectivity index (χ1v) is 6.61. The number of amides is 1. The van der Waals surface area contributed by atoms with E-state index < -0.39 is 0 Å². The van der Waals surface area contributed by atoms with Gasteiger partial charge in [-0.05, 0) is 30.2 Å². The van der Waals surface area contributed by atoms with Crippen LogP contribution in [0.1, 0.15) is 23.3 Å². The molecule has 0 atom stereocenters. The van der Waals surface area contributed by atoms with E-state index in [1.165, 1.54) is 0 Å². The summed E-state index contributed by atoms with van der Waals surface area (Å²) in [7, 11) is 0. The highest BCUT2D eigenvalue weighted by Gasteiger charge is 2.26. The van der Waals surface area contributed by atoms with Crippen molar-refractivity contribution >= 4 is 16.7 Å². The number of aromatic nitrogens is 1. The molecule has 0 aliphatic heterocycles. The first-order valence-electron chi connectivity index (χ1n) is 6.61. The Hall–Kier alpha value is -1.94. The highest BCUT2D eigenvalue weighted by molar-refractivity contribution is 6.05. The number of fused-ring (bicyclic) bond motifs is 1. The molecular formula is C15H17N3O. The molecule has 2 aromatic rings. The molecule has 1 fully saturated rings. The lowest BCUT2D eigenvalue weighted by Crippen LogP contribution is -2.42. The lowest BCUT2D eigenvalue weighted by molar-refractivity contribution is 0.0932. The Morgan fingerprint density at radius 1 is 1.32 bits per heavy atom. The zero-order chi connectivity index (χ0) is 13.2. The molecule has 1 aliphatic rings. The lowest BCUT2D eigenvalue weighted by atomic mass is 9.81. The summed E-state index contributed by atoms with van der Waals surface area (Å²) in [5.41, 5.74) is 6.24. The third kappa shape index (κ3) is 2.44. The van der Waals surface area contributed by atoms with Crippen molar-refractivity contribution in [3.05, 3.63) is 42.2 Å². The Labute approximate surface area is 112 Å². The van der Waals surface area contributed by atoms with Gasteiger partial charge in [-0.2, -0.15) is 0 Å². The molecule has 3 rings (SSSR count). The Bertz CT molecular complexity index is 600. The molecule has 0 saturated heterocycles. The van der Waals surface area contributed by atoms with Crippen LogP contribution >= 0.6 is 0 Å². The molecule has 3 N–H and O–H groups in total. The number of nitrogens with two attached hydrogens (primary N) is 1. The van der Waals surface area contributed by atoms with Crippen LogP contribution in [0.5, 0.6) is 0 Å². The molecule has 1 saturated carbocycles. The summed E-state index contributed by atoms with van der Waals surface area (Å²) < 4.78 is 0. The average Bonchev–Trinajstić information content (AvgIpc) is 2.41. The maximum Gasteiger partial charge on any atom is 0.270 e. The minimum absolute atomic E-state index is 0.0997. The molecule has 4 nitrogen and oxygen atoms in total. The molecule has 1 aromatic carbocycles. The number of hydrogen-bond donors (Lipinski definition) is 2. The van der Waals surface area contributed by atoms with Crippen molar-refractivity contribution in [2.75, 3.05) is 6.54 Å². The number of hydrogen-bond acceptors (Lipinski definition) is 3. The van der Waals surface area contributed by atoms with E-state index in [2.05, 4.69) is 10.3 Å². The number of benzene rings is 1. The van der Waals surface area contributed by atoms with Gasteiger partial charge in [0.15, 0.2) is 0 Å². The largest absolute Gasteiger partial charge is 0.350 e. The number of pyridine rings is 1. The van der Waals surface area contributed by atoms with Gasteiger partial charge in [-0.1, -0.05) is 24.3 Å². The first-order chi connectivity index (χ1) is 9.24. The summed E-state index contributed by atoms with van der Waals surface area (Å²) in [6.45, 7) is 0.692. The number of nitrogens with one attached hydrogen (secondary N) is 1. The molecule has 98 valence electrons. The normalized spacial score (nSPS) is 21.9. The zero-order valence-electron chi connectivity index (χ0n) is 10.7. The van der Waals surface area contributed by atoms with Gasteiger partial charge in [-0.3, -0.25) is 9.78 Å². The fourth-order valence-corrected chi connectivity index (χ4v) is 2.58. The number of rotatable bonds is 3. The van der Waals surface area contributed by atoms with Gasteiger partial charge in [-0.15, -0.1) is 0 Å². The molecule has 1 heterocycles. The minimum Gasteiger partial charge on any atom is -0.350 e. The summed E-state index contributed by atoms with van der Waals surface area (Å²) in [5.74, 6) is 0.422. The van der Waals surface area contributed by atoms with Crippen molar-refractivity contribution in [1.29, 1.82) is 0 Å². The highest BCUT2D eigenvalue weighted by atomic mass is 16.1. The van der Waals surface area contributed by atoms with Crippen molar-refractivity contribution in [2.24, 2.45) is 11.7 Å². The third-order valence-corrected chi connectivity index (χ3v) is 3.71. The summed E-state index contributed by atoms with van der Waals surface area (Å²) in [4.78, 5) is 16.4. The molecule has 0 unspecified atom stereocenters. The van der Waals surface area contributed by atoms with E-state index >= 15 is 0 Å². The molecular weight excluding hydrogens is 238 g/mol. The van der Waals surface area contributed by atoms with E-state index in [1.54, 1.807) is 6.20 Å². The second-order valence-electron chi connectivity index (χ2n) is 5.19. The summed E-state index contributed by atoms with van der Waals surface area (Å²) >= 11 is 0. The van der Waals surface area contributed by atoms with E-state index in [4.69, 9.17) is 5.73 Å². The third-order valence-electron chi connectivity index (χ3n) is 3.71. The molecule has 0 spiro atoms. The van der Waals surface area contributed by atoms with E-state index in [1.807, 2.05) is 30.3 Å². The summed E-state index contributed by atoms with van der Waals surface area (Å²) in [6, 6.07) is 10.0. The van der Waals surface area contributed by atoms with Crippen molar-refractivity contribution < 1.29 is 4.79 Å². The van der Waals surface area contributed by atoms with Crippen LogP contribution in [0.3, 0.4) is 0 Å². The van der Waals surface area contributed by atoms with Gasteiger partial charge in [0.05, 0.1) is 0 Å². The van der Waals surface area contributed by atoms with E-state index in [9.17, 15) is 4.79 Å². The SMILES string of the molecule is NC1CC(CNC(=O)c2nccc3ccccc23)C1. The van der Waals surface area contributed by atoms with Crippen molar-refractivity contribution in [3.63, 3.8) is 0 Å². The Morgan fingerprint density at radius 2 is 2.11 bits per heavy atom. The van der Waals surface area contributed by atoms with Gasteiger partial charge in [-0.25, -0.2) is 0 Å². The maximum absolute atomic E-state index is 12.2. The molecule has 1 aromatic heterocycles. The molecule has 1 amide bonds. The molecule has 1 aliphatic carbocycles. The van der Waals surface area contributed by atoms with Crippen LogP contribution < -0.4 is 11.1 Å². The molecule has 4 heteroatoms. The topological polar surface area (TPSA) is 68.0 Å². The van der Waals surface area contributed by atoms with E-state index in [0.717, 1.165) is 23.6 Å². The highest BCUT2D eigenvalue weighted by Crippen LogP contribution is 2.24. The van der Waals surface area contributed by atoms with Crippen LogP contribution in [0.4, 0.5) is 0 Å². The van der Waals surface area contributed by atoms with Crippen LogP contribution in [0.25, 0.3) is 10.8 Å². The quantitative estimate of drug-likeness (QED) is 0.877. The standard InChI is InChI=1S/C15H17N3O/c16-12-7-10(8-12)9-18-15(19)14-13-4-2-1-3-11(13)5-6-17-14/h1-6,10,12H,7-9,16H2,(H,18,19). The fraction of sp³-hybridized carbons (Fsp3) is 0.333. The maximum atomic E-state index is 12.2. The number of carbonyl (C=O) groups is 1. The number of carbonyl (C=O) groups excluding carboxylic acids is 1. The zero-order valence-corrected chi connectivity index (χ0v) is 10.7. The van der Waals surface area contributed by atoms with E-state index in [-0.39, 0.29) is 5.91 Å². The van der Waals surface area contributed by atoms with Crippen LogP contribution in [0, 0.1) is 5.92 Å². The van der Waals surface area contributed by atoms with Crippen molar-refractivity contribution in [3.8, 4) is 0 Å². The van der Waals surface area contributed by atoms with Crippen molar-refractivity contribution in [2.45, 2.75) is 18.9 Å². The first kappa shape index (κ1) is 12.1. The second kappa shape index (κ2) is 4.97. The van der Waals surface area contributed by atoms with Gasteiger partial charge in [0.2, 0.25) is 0 Å². The van der Waals surface area contributed by atoms with Crippen LogP contribution in [0.2, 0.25) is 0 Å². The second-order valence-corrected chi connectivity index (χ2v) is 5.19. The van der Waals surface area contributed by atoms with Crippen LogP contribution in [-0.2, 0) is 0 Å². The molecule has 0 radical (unpaired) electrons. The monoisotopic (exact) mass is 255 g/mol. The van der Waals surface area contributed by atoms with Gasteiger partial charge in [0.1, 0.15) is 5.69 Å². The summed E-state index contributed by atoms with van der Waals surface area (Å²) in [5, 5.41) is 4.89. The molecule has 19 heavy (non-hydrogen) atoms. The smallest absolute Gasteiger partial charge is 0.270 e. The fourth-order valence-electron chi connectivity index (χ4n) is 2.58. The Balaban J connectivity index is 1.74. The average molecular weight is 255 g/mol. The van der Waals surface area contributed by atoms with Gasteiger partial charge >= 0.3 is 0 Å². The molecule has 0 bridgehead atoms. The Morgan fingerprint density at radius 3 is 2.89 bits per heavy atom. The Kier molecular flexibility index (Phi) is 3.17. The van der Waals surface area contributed by atoms with Crippen LogP contribution in [-0.4, -0.2) is 23.5 Å². The predicted octanol–water partition coefficient (Wildman–Crippen LogP) is 1.70. The minimum atomic E-state index is -0.0997. The summed E-state index contributed by atoms with van der Waals surface area (Å²) in [6.07, 6.45) is 3.68. The van der Waals surface area contributed by atoms with E-state index in [0.29, 0.717) is 24.2 Å². The predicted molar refractivity (Wildman–Crippen MR) is 74.8 cm³/mol. The van der Waals surface area contributed by atoms with Crippen LogP contribution in [0.15, 0.2) is 36.5 Å². The van der Waals surface area contributed by atoms with Gasteiger partial charge in [0.25, 0.3) is 5.91 Å². The van der Waals surface area contributed by atoms with Crippen molar-refractivity contribution in [1.82, 2.24) is 10.3 Å².